The molecule has 1 aliphatic rings. The number of carbonyl (C=O) groups excluding carboxylic acids is 1. The maximum absolute atomic E-state index is 14.3. The molecule has 0 spiro atoms. The second kappa shape index (κ2) is 8.49. The van der Waals surface area contributed by atoms with Crippen LogP contribution in [-0.2, 0) is 10.2 Å². The molecule has 32 heavy (non-hydrogen) atoms. The molecule has 166 valence electrons. The van der Waals surface area contributed by atoms with Crippen LogP contribution in [-0.4, -0.2) is 34.6 Å². The first-order chi connectivity index (χ1) is 15.3. The number of benzene rings is 1. The second-order valence-corrected chi connectivity index (χ2v) is 7.80. The molecule has 7 nitrogen and oxygen atoms in total. The Balaban J connectivity index is 1.61. The molecule has 2 aromatic heterocycles. The van der Waals surface area contributed by atoms with Gasteiger partial charge >= 0.3 is 0 Å². The smallest absolute Gasteiger partial charge is 0.229 e. The first-order valence-electron chi connectivity index (χ1n) is 10.0. The molecular formula is C23H22F2N4O3. The van der Waals surface area contributed by atoms with Crippen LogP contribution in [0.1, 0.15) is 23.5 Å². The van der Waals surface area contributed by atoms with Crippen LogP contribution in [0.4, 0.5) is 14.6 Å². The lowest BCUT2D eigenvalue weighted by molar-refractivity contribution is -0.117. The fourth-order valence-corrected chi connectivity index (χ4v) is 3.76. The van der Waals surface area contributed by atoms with Gasteiger partial charge in [-0.2, -0.15) is 0 Å². The standard InChI is InChI=1S/C23H22F2N4O3/c1-13-20(11-26-14(2)28-13)32-12-23(15-6-17(25)8-18(7-15)31-3)9-19(23)22(30)29-21-5-4-16(24)10-27-21/h4-8,10-11,19H,9,12H2,1-3H3,(H,27,29,30). The Morgan fingerprint density at radius 1 is 1.16 bits per heavy atom. The highest BCUT2D eigenvalue weighted by Crippen LogP contribution is 2.55. The minimum Gasteiger partial charge on any atom is -0.497 e. The number of carbonyl (C=O) groups is 1. The number of hydrogen-bond acceptors (Lipinski definition) is 6. The quantitative estimate of drug-likeness (QED) is 0.602. The minimum absolute atomic E-state index is 0.113. The summed E-state index contributed by atoms with van der Waals surface area (Å²) >= 11 is 0. The molecule has 2 unspecified atom stereocenters. The van der Waals surface area contributed by atoms with Crippen LogP contribution in [0.25, 0.3) is 0 Å². The van der Waals surface area contributed by atoms with Gasteiger partial charge in [0.2, 0.25) is 5.91 Å². The van der Waals surface area contributed by atoms with Gasteiger partial charge in [-0.25, -0.2) is 23.7 Å². The van der Waals surface area contributed by atoms with Crippen LogP contribution in [0, 0.1) is 31.4 Å². The zero-order chi connectivity index (χ0) is 22.9. The predicted octanol–water partition coefficient (Wildman–Crippen LogP) is 3.75. The number of anilines is 1. The third kappa shape index (κ3) is 4.37. The third-order valence-electron chi connectivity index (χ3n) is 5.59. The average molecular weight is 440 g/mol. The Morgan fingerprint density at radius 3 is 2.66 bits per heavy atom. The van der Waals surface area contributed by atoms with Crippen LogP contribution >= 0.6 is 0 Å². The monoisotopic (exact) mass is 440 g/mol. The molecule has 1 N–H and O–H groups in total. The molecular weight excluding hydrogens is 418 g/mol. The zero-order valence-corrected chi connectivity index (χ0v) is 17.9. The largest absolute Gasteiger partial charge is 0.497 e. The number of aromatic nitrogens is 3. The molecule has 1 amide bonds. The summed E-state index contributed by atoms with van der Waals surface area (Å²) < 4.78 is 38.6. The van der Waals surface area contributed by atoms with Gasteiger partial charge in [-0.1, -0.05) is 0 Å². The van der Waals surface area contributed by atoms with E-state index in [0.717, 1.165) is 6.20 Å². The molecule has 1 saturated carbocycles. The van der Waals surface area contributed by atoms with Crippen molar-refractivity contribution in [1.29, 1.82) is 0 Å². The van der Waals surface area contributed by atoms with Crippen molar-refractivity contribution in [2.24, 2.45) is 5.92 Å². The highest BCUT2D eigenvalue weighted by atomic mass is 19.1. The van der Waals surface area contributed by atoms with Crippen molar-refractivity contribution < 1.29 is 23.0 Å². The lowest BCUT2D eigenvalue weighted by atomic mass is 9.93. The second-order valence-electron chi connectivity index (χ2n) is 7.80. The van der Waals surface area contributed by atoms with Gasteiger partial charge in [0.05, 0.1) is 37.7 Å². The summed E-state index contributed by atoms with van der Waals surface area (Å²) in [7, 11) is 1.45. The van der Waals surface area contributed by atoms with E-state index in [1.807, 2.05) is 0 Å². The average Bonchev–Trinajstić information content (AvgIpc) is 3.50. The molecule has 2 atom stereocenters. The lowest BCUT2D eigenvalue weighted by Gasteiger charge is -2.20. The van der Waals surface area contributed by atoms with E-state index >= 15 is 0 Å². The highest BCUT2D eigenvalue weighted by molar-refractivity contribution is 5.95. The number of nitrogens with one attached hydrogen (secondary N) is 1. The Hall–Kier alpha value is -3.62. The van der Waals surface area contributed by atoms with Crippen molar-refractivity contribution in [1.82, 2.24) is 15.0 Å². The number of nitrogens with zero attached hydrogens (tertiary/aromatic N) is 3. The summed E-state index contributed by atoms with van der Waals surface area (Å²) in [5.41, 5.74) is 0.477. The summed E-state index contributed by atoms with van der Waals surface area (Å²) in [4.78, 5) is 25.3. The van der Waals surface area contributed by atoms with Crippen LogP contribution in [0.5, 0.6) is 11.5 Å². The Bertz CT molecular complexity index is 1160. The number of ether oxygens (including phenoxy) is 2. The number of methoxy groups -OCH3 is 1. The molecule has 9 heteroatoms. The van der Waals surface area contributed by atoms with Crippen molar-refractivity contribution in [3.8, 4) is 11.5 Å². The van der Waals surface area contributed by atoms with Crippen molar-refractivity contribution in [3.63, 3.8) is 0 Å². The van der Waals surface area contributed by atoms with E-state index in [9.17, 15) is 13.6 Å². The van der Waals surface area contributed by atoms with Crippen LogP contribution in [0.2, 0.25) is 0 Å². The first kappa shape index (κ1) is 21.6. The van der Waals surface area contributed by atoms with E-state index in [1.54, 1.807) is 26.1 Å². The molecule has 3 aromatic rings. The third-order valence-corrected chi connectivity index (χ3v) is 5.59. The van der Waals surface area contributed by atoms with E-state index in [0.29, 0.717) is 35.0 Å². The summed E-state index contributed by atoms with van der Waals surface area (Å²) in [6, 6.07) is 6.95. The lowest BCUT2D eigenvalue weighted by Crippen LogP contribution is -2.27. The van der Waals surface area contributed by atoms with Gasteiger partial charge in [0.25, 0.3) is 0 Å². The van der Waals surface area contributed by atoms with Crippen LogP contribution < -0.4 is 14.8 Å². The number of halogens is 2. The number of rotatable bonds is 7. The maximum Gasteiger partial charge on any atom is 0.229 e. The van der Waals surface area contributed by atoms with Gasteiger partial charge in [0.15, 0.2) is 5.75 Å². The van der Waals surface area contributed by atoms with Crippen molar-refractivity contribution in [2.45, 2.75) is 25.7 Å². The summed E-state index contributed by atoms with van der Waals surface area (Å²) in [5, 5.41) is 2.69. The Labute approximate surface area is 183 Å². The van der Waals surface area contributed by atoms with Crippen molar-refractivity contribution >= 4 is 11.7 Å². The number of pyridine rings is 1. The van der Waals surface area contributed by atoms with Gasteiger partial charge in [-0.05, 0) is 50.1 Å². The van der Waals surface area contributed by atoms with E-state index < -0.39 is 23.0 Å². The SMILES string of the molecule is COc1cc(F)cc(C2(COc3cnc(C)nc3C)CC2C(=O)Nc2ccc(F)cn2)c1. The maximum atomic E-state index is 14.3. The van der Waals surface area contributed by atoms with E-state index in [-0.39, 0.29) is 18.3 Å². The van der Waals surface area contributed by atoms with Crippen molar-refractivity contribution in [2.75, 3.05) is 19.0 Å². The van der Waals surface area contributed by atoms with Gasteiger partial charge in [0, 0.05) is 11.5 Å². The minimum atomic E-state index is -0.781. The molecule has 1 fully saturated rings. The van der Waals surface area contributed by atoms with Gasteiger partial charge in [0.1, 0.15) is 29.0 Å². The number of aryl methyl sites for hydroxylation is 2. The highest BCUT2D eigenvalue weighted by Gasteiger charge is 2.60. The molecule has 1 aliphatic carbocycles. The summed E-state index contributed by atoms with van der Waals surface area (Å²) in [6.07, 6.45) is 3.03. The molecule has 4 rings (SSSR count). The van der Waals surface area contributed by atoms with E-state index in [2.05, 4.69) is 20.3 Å². The number of amides is 1. The summed E-state index contributed by atoms with van der Waals surface area (Å²) in [5.74, 6) is -0.0994. The number of hydrogen-bond donors (Lipinski definition) is 1. The van der Waals surface area contributed by atoms with E-state index in [1.165, 1.54) is 31.4 Å². The molecule has 0 bridgehead atoms. The normalized spacial score (nSPS) is 19.3. The first-order valence-corrected chi connectivity index (χ1v) is 10.0. The summed E-state index contributed by atoms with van der Waals surface area (Å²) in [6.45, 7) is 3.70. The van der Waals surface area contributed by atoms with Crippen LogP contribution in [0.15, 0.2) is 42.7 Å². The molecule has 1 aromatic carbocycles. The van der Waals surface area contributed by atoms with Gasteiger partial charge in [-0.3, -0.25) is 4.79 Å². The molecule has 2 heterocycles. The Morgan fingerprint density at radius 2 is 1.97 bits per heavy atom. The zero-order valence-electron chi connectivity index (χ0n) is 17.9. The van der Waals surface area contributed by atoms with Gasteiger partial charge < -0.3 is 14.8 Å². The van der Waals surface area contributed by atoms with E-state index in [4.69, 9.17) is 9.47 Å². The fraction of sp³-hybridized carbons (Fsp3) is 0.304. The topological polar surface area (TPSA) is 86.2 Å². The Kier molecular flexibility index (Phi) is 5.73. The molecule has 0 aliphatic heterocycles. The molecule has 0 saturated heterocycles. The predicted molar refractivity (Wildman–Crippen MR) is 113 cm³/mol. The fourth-order valence-electron chi connectivity index (χ4n) is 3.76. The van der Waals surface area contributed by atoms with Crippen molar-refractivity contribution in [3.05, 3.63) is 71.4 Å². The molecule has 0 radical (unpaired) electrons. The van der Waals surface area contributed by atoms with Crippen LogP contribution in [0.3, 0.4) is 0 Å². The van der Waals surface area contributed by atoms with Gasteiger partial charge in [-0.15, -0.1) is 0 Å².